The summed E-state index contributed by atoms with van der Waals surface area (Å²) in [7, 11) is 0. The fourth-order valence-corrected chi connectivity index (χ4v) is 2.74. The van der Waals surface area contributed by atoms with Gasteiger partial charge in [0.25, 0.3) is 0 Å². The SMILES string of the molecule is Oc1ccc2c(c1)CCC(N1CCC1)C2. The highest BCUT2D eigenvalue weighted by Gasteiger charge is 2.27. The zero-order chi connectivity index (χ0) is 10.3. The maximum atomic E-state index is 9.41. The van der Waals surface area contributed by atoms with Crippen molar-refractivity contribution in [2.24, 2.45) is 0 Å². The molecule has 1 fully saturated rings. The number of aryl methyl sites for hydroxylation is 1. The van der Waals surface area contributed by atoms with Crippen LogP contribution in [-0.2, 0) is 12.8 Å². The first-order valence-corrected chi connectivity index (χ1v) is 5.88. The Balaban J connectivity index is 1.80. The molecule has 80 valence electrons. The number of hydrogen-bond donors (Lipinski definition) is 1. The molecule has 1 atom stereocenters. The highest BCUT2D eigenvalue weighted by Crippen LogP contribution is 2.29. The predicted octanol–water partition coefficient (Wildman–Crippen LogP) is 1.96. The quantitative estimate of drug-likeness (QED) is 0.754. The van der Waals surface area contributed by atoms with Gasteiger partial charge >= 0.3 is 0 Å². The third-order valence-corrected chi connectivity index (χ3v) is 3.80. The van der Waals surface area contributed by atoms with E-state index in [9.17, 15) is 5.11 Å². The molecule has 0 amide bonds. The average Bonchev–Trinajstić information content (AvgIpc) is 2.15. The van der Waals surface area contributed by atoms with Gasteiger partial charge in [0.15, 0.2) is 0 Å². The number of fused-ring (bicyclic) bond motifs is 1. The first-order valence-electron chi connectivity index (χ1n) is 5.88. The summed E-state index contributed by atoms with van der Waals surface area (Å²) in [6.07, 6.45) is 4.94. The lowest BCUT2D eigenvalue weighted by Gasteiger charge is -2.40. The van der Waals surface area contributed by atoms with Gasteiger partial charge in [-0.2, -0.15) is 0 Å². The Hall–Kier alpha value is -1.02. The van der Waals surface area contributed by atoms with Gasteiger partial charge < -0.3 is 5.11 Å². The van der Waals surface area contributed by atoms with Crippen LogP contribution >= 0.6 is 0 Å². The number of benzene rings is 1. The molecular weight excluding hydrogens is 186 g/mol. The van der Waals surface area contributed by atoms with Gasteiger partial charge in [0.1, 0.15) is 5.75 Å². The lowest BCUT2D eigenvalue weighted by atomic mass is 9.86. The maximum absolute atomic E-state index is 9.41. The lowest BCUT2D eigenvalue weighted by Crippen LogP contribution is -2.47. The second-order valence-electron chi connectivity index (χ2n) is 4.74. The summed E-state index contributed by atoms with van der Waals surface area (Å²) in [6, 6.07) is 6.60. The molecule has 1 aliphatic heterocycles. The molecule has 2 heteroatoms. The molecule has 1 heterocycles. The number of phenolic OH excluding ortho intramolecular Hbond substituents is 1. The number of likely N-dealkylation sites (tertiary alicyclic amines) is 1. The Bertz CT molecular complexity index is 371. The second kappa shape index (κ2) is 3.53. The van der Waals surface area contributed by atoms with Crippen LogP contribution in [0.15, 0.2) is 18.2 Å². The number of hydrogen-bond acceptors (Lipinski definition) is 2. The summed E-state index contributed by atoms with van der Waals surface area (Å²) in [5, 5.41) is 9.41. The molecular formula is C13H17NO. The molecule has 3 rings (SSSR count). The van der Waals surface area contributed by atoms with Crippen molar-refractivity contribution in [3.8, 4) is 5.75 Å². The third kappa shape index (κ3) is 1.63. The Labute approximate surface area is 90.5 Å². The summed E-state index contributed by atoms with van der Waals surface area (Å²) in [5.41, 5.74) is 2.79. The molecule has 0 saturated carbocycles. The van der Waals surface area contributed by atoms with Crippen molar-refractivity contribution >= 4 is 0 Å². The zero-order valence-corrected chi connectivity index (χ0v) is 8.95. The van der Waals surface area contributed by atoms with Crippen LogP contribution in [0, 0.1) is 0 Å². The normalized spacial score (nSPS) is 25.7. The molecule has 15 heavy (non-hydrogen) atoms. The van der Waals surface area contributed by atoms with Crippen molar-refractivity contribution in [2.45, 2.75) is 31.7 Å². The molecule has 1 aliphatic carbocycles. The summed E-state index contributed by atoms with van der Waals surface area (Å²) in [5.74, 6) is 0.413. The number of rotatable bonds is 1. The molecule has 2 aliphatic rings. The van der Waals surface area contributed by atoms with E-state index in [1.807, 2.05) is 12.1 Å². The van der Waals surface area contributed by atoms with E-state index in [1.54, 1.807) is 0 Å². The van der Waals surface area contributed by atoms with Gasteiger partial charge in [0.05, 0.1) is 0 Å². The molecule has 1 aromatic carbocycles. The van der Waals surface area contributed by atoms with Crippen molar-refractivity contribution in [1.82, 2.24) is 4.90 Å². The Morgan fingerprint density at radius 1 is 1.20 bits per heavy atom. The topological polar surface area (TPSA) is 23.5 Å². The van der Waals surface area contributed by atoms with E-state index in [0.29, 0.717) is 5.75 Å². The first kappa shape index (κ1) is 9.22. The monoisotopic (exact) mass is 203 g/mol. The Morgan fingerprint density at radius 3 is 2.80 bits per heavy atom. The van der Waals surface area contributed by atoms with Gasteiger partial charge in [-0.25, -0.2) is 0 Å². The van der Waals surface area contributed by atoms with E-state index < -0.39 is 0 Å². The van der Waals surface area contributed by atoms with Gasteiger partial charge in [-0.15, -0.1) is 0 Å². The third-order valence-electron chi connectivity index (χ3n) is 3.80. The van der Waals surface area contributed by atoms with Crippen molar-refractivity contribution in [3.05, 3.63) is 29.3 Å². The molecule has 1 saturated heterocycles. The van der Waals surface area contributed by atoms with Gasteiger partial charge in [-0.3, -0.25) is 4.90 Å². The summed E-state index contributed by atoms with van der Waals surface area (Å²) in [6.45, 7) is 2.58. The molecule has 0 spiro atoms. The van der Waals surface area contributed by atoms with E-state index in [2.05, 4.69) is 11.0 Å². The molecule has 2 nitrogen and oxygen atoms in total. The van der Waals surface area contributed by atoms with Gasteiger partial charge in [-0.1, -0.05) is 6.07 Å². The minimum Gasteiger partial charge on any atom is -0.508 e. The maximum Gasteiger partial charge on any atom is 0.115 e. The lowest BCUT2D eigenvalue weighted by molar-refractivity contribution is 0.107. The van der Waals surface area contributed by atoms with Crippen LogP contribution in [0.5, 0.6) is 5.75 Å². The van der Waals surface area contributed by atoms with Crippen LogP contribution in [0.2, 0.25) is 0 Å². The average molecular weight is 203 g/mol. The Morgan fingerprint density at radius 2 is 2.07 bits per heavy atom. The van der Waals surface area contributed by atoms with E-state index in [0.717, 1.165) is 12.5 Å². The summed E-state index contributed by atoms with van der Waals surface area (Å²) < 4.78 is 0. The number of nitrogens with zero attached hydrogens (tertiary/aromatic N) is 1. The minimum atomic E-state index is 0.413. The zero-order valence-electron chi connectivity index (χ0n) is 8.95. The fourth-order valence-electron chi connectivity index (χ4n) is 2.74. The summed E-state index contributed by atoms with van der Waals surface area (Å²) in [4.78, 5) is 2.59. The Kier molecular flexibility index (Phi) is 2.17. The van der Waals surface area contributed by atoms with Crippen LogP contribution in [0.1, 0.15) is 24.0 Å². The molecule has 1 unspecified atom stereocenters. The van der Waals surface area contributed by atoms with Gasteiger partial charge in [-0.05, 0) is 62.0 Å². The van der Waals surface area contributed by atoms with Gasteiger partial charge in [0.2, 0.25) is 0 Å². The van der Waals surface area contributed by atoms with Crippen molar-refractivity contribution < 1.29 is 5.11 Å². The highest BCUT2D eigenvalue weighted by molar-refractivity contribution is 5.37. The molecule has 0 aromatic heterocycles. The van der Waals surface area contributed by atoms with E-state index >= 15 is 0 Å². The van der Waals surface area contributed by atoms with Crippen LogP contribution < -0.4 is 0 Å². The number of aromatic hydroxyl groups is 1. The van der Waals surface area contributed by atoms with Crippen LogP contribution in [0.4, 0.5) is 0 Å². The predicted molar refractivity (Wildman–Crippen MR) is 60.1 cm³/mol. The van der Waals surface area contributed by atoms with Crippen LogP contribution in [0.3, 0.4) is 0 Å². The van der Waals surface area contributed by atoms with Crippen molar-refractivity contribution in [3.63, 3.8) is 0 Å². The van der Waals surface area contributed by atoms with E-state index in [-0.39, 0.29) is 0 Å². The van der Waals surface area contributed by atoms with E-state index in [4.69, 9.17) is 0 Å². The van der Waals surface area contributed by atoms with Crippen LogP contribution in [0.25, 0.3) is 0 Å². The minimum absolute atomic E-state index is 0.413. The van der Waals surface area contributed by atoms with Crippen LogP contribution in [-0.4, -0.2) is 29.1 Å². The highest BCUT2D eigenvalue weighted by atomic mass is 16.3. The molecule has 0 bridgehead atoms. The number of phenols is 1. The van der Waals surface area contributed by atoms with E-state index in [1.165, 1.54) is 43.5 Å². The first-order chi connectivity index (χ1) is 7.33. The van der Waals surface area contributed by atoms with Crippen molar-refractivity contribution in [1.29, 1.82) is 0 Å². The van der Waals surface area contributed by atoms with Crippen molar-refractivity contribution in [2.75, 3.05) is 13.1 Å². The smallest absolute Gasteiger partial charge is 0.115 e. The standard InChI is InChI=1S/C13H17NO/c15-13-5-3-10-8-12(14-6-1-7-14)4-2-11(10)9-13/h3,5,9,12,15H,1-2,4,6-8H2. The molecule has 1 aromatic rings. The second-order valence-corrected chi connectivity index (χ2v) is 4.74. The van der Waals surface area contributed by atoms with Gasteiger partial charge in [0, 0.05) is 6.04 Å². The fraction of sp³-hybridized carbons (Fsp3) is 0.538. The molecule has 0 radical (unpaired) electrons. The molecule has 1 N–H and O–H groups in total. The summed E-state index contributed by atoms with van der Waals surface area (Å²) >= 11 is 0. The largest absolute Gasteiger partial charge is 0.508 e.